The first-order valence-corrected chi connectivity index (χ1v) is 5.38. The third kappa shape index (κ3) is 2.04. The Labute approximate surface area is 99.3 Å². The van der Waals surface area contributed by atoms with Crippen LogP contribution in [0.3, 0.4) is 0 Å². The number of aromatic nitrogens is 1. The summed E-state index contributed by atoms with van der Waals surface area (Å²) < 4.78 is 1.51. The maximum Gasteiger partial charge on any atom is 0.265 e. The largest absolute Gasteiger partial charge is 0.298 e. The summed E-state index contributed by atoms with van der Waals surface area (Å²) in [6.45, 7) is 3.91. The highest BCUT2D eigenvalue weighted by Crippen LogP contribution is 2.14. The monoisotopic (exact) mass is 227 g/mol. The number of pyridine rings is 1. The summed E-state index contributed by atoms with van der Waals surface area (Å²) in [4.78, 5) is 22.7. The van der Waals surface area contributed by atoms with Crippen molar-refractivity contribution in [3.63, 3.8) is 0 Å². The number of aryl methyl sites for hydroxylation is 2. The highest BCUT2D eigenvalue weighted by molar-refractivity contribution is 5.74. The second-order valence-corrected chi connectivity index (χ2v) is 4.05. The Kier molecular flexibility index (Phi) is 2.91. The lowest BCUT2D eigenvalue weighted by Crippen LogP contribution is -2.21. The molecule has 1 aromatic carbocycles. The first-order chi connectivity index (χ1) is 8.13. The normalized spacial score (nSPS) is 10.2. The van der Waals surface area contributed by atoms with E-state index in [4.69, 9.17) is 0 Å². The maximum atomic E-state index is 12.0. The highest BCUT2D eigenvalue weighted by atomic mass is 16.1. The van der Waals surface area contributed by atoms with Gasteiger partial charge in [-0.3, -0.25) is 14.2 Å². The molecule has 1 aromatic heterocycles. The van der Waals surface area contributed by atoms with Crippen LogP contribution in [0.2, 0.25) is 0 Å². The van der Waals surface area contributed by atoms with Gasteiger partial charge in [0.15, 0.2) is 6.29 Å². The van der Waals surface area contributed by atoms with Crippen molar-refractivity contribution in [2.75, 3.05) is 0 Å². The van der Waals surface area contributed by atoms with Crippen molar-refractivity contribution in [3.05, 3.63) is 63.6 Å². The molecule has 0 atom stereocenters. The number of carbonyl (C=O) groups is 1. The van der Waals surface area contributed by atoms with Gasteiger partial charge in [-0.25, -0.2) is 0 Å². The number of hydrogen-bond donors (Lipinski definition) is 0. The molecule has 0 amide bonds. The Hall–Kier alpha value is -2.16. The molecule has 3 nitrogen and oxygen atoms in total. The molecule has 0 aliphatic heterocycles. The predicted octanol–water partition coefficient (Wildman–Crippen LogP) is 2.27. The molecule has 0 unspecified atom stereocenters. The molecule has 0 bridgehead atoms. The third-order valence-corrected chi connectivity index (χ3v) is 2.73. The van der Waals surface area contributed by atoms with E-state index in [0.29, 0.717) is 6.29 Å². The second kappa shape index (κ2) is 4.37. The molecule has 0 saturated carbocycles. The lowest BCUT2D eigenvalue weighted by Gasteiger charge is -2.10. The van der Waals surface area contributed by atoms with Crippen molar-refractivity contribution in [2.24, 2.45) is 0 Å². The van der Waals surface area contributed by atoms with E-state index in [-0.39, 0.29) is 11.1 Å². The fourth-order valence-corrected chi connectivity index (χ4v) is 1.77. The minimum Gasteiger partial charge on any atom is -0.298 e. The average molecular weight is 227 g/mol. The molecule has 2 rings (SSSR count). The minimum atomic E-state index is -0.281. The fraction of sp³-hybridized carbons (Fsp3) is 0.143. The SMILES string of the molecule is Cc1ccc(C)c(-n2cccc(C=O)c2=O)c1. The lowest BCUT2D eigenvalue weighted by atomic mass is 10.1. The molecule has 0 aliphatic carbocycles. The zero-order chi connectivity index (χ0) is 12.4. The van der Waals surface area contributed by atoms with Gasteiger partial charge >= 0.3 is 0 Å². The summed E-state index contributed by atoms with van der Waals surface area (Å²) >= 11 is 0. The van der Waals surface area contributed by atoms with Crippen LogP contribution in [0.25, 0.3) is 5.69 Å². The number of carbonyl (C=O) groups excluding carboxylic acids is 1. The second-order valence-electron chi connectivity index (χ2n) is 4.05. The van der Waals surface area contributed by atoms with E-state index in [0.717, 1.165) is 16.8 Å². The Morgan fingerprint density at radius 1 is 1.18 bits per heavy atom. The van der Waals surface area contributed by atoms with E-state index in [1.165, 1.54) is 10.6 Å². The number of rotatable bonds is 2. The van der Waals surface area contributed by atoms with Crippen molar-refractivity contribution in [3.8, 4) is 5.69 Å². The van der Waals surface area contributed by atoms with Crippen LogP contribution in [0.15, 0.2) is 41.3 Å². The van der Waals surface area contributed by atoms with Crippen molar-refractivity contribution >= 4 is 6.29 Å². The minimum absolute atomic E-state index is 0.174. The van der Waals surface area contributed by atoms with Gasteiger partial charge in [0.1, 0.15) is 0 Å². The van der Waals surface area contributed by atoms with Crippen LogP contribution in [0.5, 0.6) is 0 Å². The van der Waals surface area contributed by atoms with Gasteiger partial charge in [-0.15, -0.1) is 0 Å². The van der Waals surface area contributed by atoms with Gasteiger partial charge in [0.05, 0.1) is 11.3 Å². The van der Waals surface area contributed by atoms with E-state index in [9.17, 15) is 9.59 Å². The molecule has 0 fully saturated rings. The average Bonchev–Trinajstić information content (AvgIpc) is 2.33. The van der Waals surface area contributed by atoms with Crippen LogP contribution in [-0.4, -0.2) is 10.9 Å². The van der Waals surface area contributed by atoms with Gasteiger partial charge in [0.25, 0.3) is 5.56 Å². The van der Waals surface area contributed by atoms with Crippen LogP contribution >= 0.6 is 0 Å². The molecule has 1 heterocycles. The molecule has 0 spiro atoms. The molecule has 0 saturated heterocycles. The van der Waals surface area contributed by atoms with Crippen molar-refractivity contribution in [2.45, 2.75) is 13.8 Å². The number of aldehydes is 1. The molecule has 3 heteroatoms. The standard InChI is InChI=1S/C14H13NO2/c1-10-5-6-11(2)13(8-10)15-7-3-4-12(9-16)14(15)17/h3-9H,1-2H3. The summed E-state index contributed by atoms with van der Waals surface area (Å²) in [5.41, 5.74) is 2.79. The molecule has 17 heavy (non-hydrogen) atoms. The summed E-state index contributed by atoms with van der Waals surface area (Å²) in [6.07, 6.45) is 2.26. The van der Waals surface area contributed by atoms with Crippen LogP contribution < -0.4 is 5.56 Å². The summed E-state index contributed by atoms with van der Waals surface area (Å²) in [7, 11) is 0. The van der Waals surface area contributed by atoms with Gasteiger partial charge in [-0.05, 0) is 43.2 Å². The van der Waals surface area contributed by atoms with E-state index in [1.807, 2.05) is 32.0 Å². The molecule has 86 valence electrons. The molecule has 0 N–H and O–H groups in total. The summed E-state index contributed by atoms with van der Waals surface area (Å²) in [5, 5.41) is 0. The van der Waals surface area contributed by atoms with Crippen molar-refractivity contribution in [1.29, 1.82) is 0 Å². The van der Waals surface area contributed by atoms with Crippen molar-refractivity contribution in [1.82, 2.24) is 4.57 Å². The Bertz CT molecular complexity index is 626. The quantitative estimate of drug-likeness (QED) is 0.738. The first kappa shape index (κ1) is 11.3. The molecule has 0 aliphatic rings. The van der Waals surface area contributed by atoms with Gasteiger partial charge in [0, 0.05) is 6.20 Å². The zero-order valence-electron chi connectivity index (χ0n) is 9.81. The van der Waals surface area contributed by atoms with E-state index < -0.39 is 0 Å². The van der Waals surface area contributed by atoms with E-state index >= 15 is 0 Å². The molecular weight excluding hydrogens is 214 g/mol. The number of nitrogens with zero attached hydrogens (tertiary/aromatic N) is 1. The van der Waals surface area contributed by atoms with Crippen LogP contribution in [0, 0.1) is 13.8 Å². The first-order valence-electron chi connectivity index (χ1n) is 5.38. The van der Waals surface area contributed by atoms with Crippen LogP contribution in [0.1, 0.15) is 21.5 Å². The number of benzene rings is 1. The highest BCUT2D eigenvalue weighted by Gasteiger charge is 2.06. The lowest BCUT2D eigenvalue weighted by molar-refractivity contribution is 0.112. The number of hydrogen-bond acceptors (Lipinski definition) is 2. The third-order valence-electron chi connectivity index (χ3n) is 2.73. The Balaban J connectivity index is 2.73. The van der Waals surface area contributed by atoms with Gasteiger partial charge < -0.3 is 0 Å². The maximum absolute atomic E-state index is 12.0. The Morgan fingerprint density at radius 2 is 1.94 bits per heavy atom. The molecule has 2 aromatic rings. The van der Waals surface area contributed by atoms with Gasteiger partial charge in [0.2, 0.25) is 0 Å². The molecule has 0 radical (unpaired) electrons. The van der Waals surface area contributed by atoms with Crippen molar-refractivity contribution < 1.29 is 4.79 Å². The van der Waals surface area contributed by atoms with E-state index in [2.05, 4.69) is 0 Å². The fourth-order valence-electron chi connectivity index (χ4n) is 1.77. The van der Waals surface area contributed by atoms with Crippen LogP contribution in [-0.2, 0) is 0 Å². The smallest absolute Gasteiger partial charge is 0.265 e. The van der Waals surface area contributed by atoms with Gasteiger partial charge in [-0.1, -0.05) is 12.1 Å². The van der Waals surface area contributed by atoms with Gasteiger partial charge in [-0.2, -0.15) is 0 Å². The zero-order valence-corrected chi connectivity index (χ0v) is 9.81. The molecular formula is C14H13NO2. The van der Waals surface area contributed by atoms with E-state index in [1.54, 1.807) is 12.3 Å². The summed E-state index contributed by atoms with van der Waals surface area (Å²) in [5.74, 6) is 0. The Morgan fingerprint density at radius 3 is 2.65 bits per heavy atom. The van der Waals surface area contributed by atoms with Crippen LogP contribution in [0.4, 0.5) is 0 Å². The predicted molar refractivity (Wildman–Crippen MR) is 66.9 cm³/mol. The topological polar surface area (TPSA) is 39.1 Å². The summed E-state index contributed by atoms with van der Waals surface area (Å²) in [6, 6.07) is 9.12.